The molecule has 0 spiro atoms. The average molecular weight is 286 g/mol. The maximum Gasteiger partial charge on any atom is 0.246 e. The van der Waals surface area contributed by atoms with Crippen molar-refractivity contribution in [2.75, 3.05) is 13.2 Å². The van der Waals surface area contributed by atoms with Crippen LogP contribution >= 0.6 is 15.9 Å². The van der Waals surface area contributed by atoms with Crippen LogP contribution in [0.5, 0.6) is 0 Å². The van der Waals surface area contributed by atoms with Crippen LogP contribution in [-0.4, -0.2) is 19.1 Å². The maximum absolute atomic E-state index is 11.4. The van der Waals surface area contributed by atoms with Gasteiger partial charge in [0.1, 0.15) is 6.61 Å². The predicted molar refractivity (Wildman–Crippen MR) is 67.2 cm³/mol. The largest absolute Gasteiger partial charge is 0.372 e. The van der Waals surface area contributed by atoms with E-state index in [-0.39, 0.29) is 18.6 Å². The van der Waals surface area contributed by atoms with E-state index in [1.165, 1.54) is 0 Å². The van der Waals surface area contributed by atoms with Crippen LogP contribution in [0.25, 0.3) is 0 Å². The fourth-order valence-electron chi connectivity index (χ4n) is 1.38. The fourth-order valence-corrected chi connectivity index (χ4v) is 2.01. The number of rotatable bonds is 5. The van der Waals surface area contributed by atoms with Crippen LogP contribution in [0.2, 0.25) is 0 Å². The topological polar surface area (TPSA) is 38.3 Å². The molecule has 88 valence electrons. The molecular weight excluding hydrogens is 270 g/mol. The van der Waals surface area contributed by atoms with Crippen molar-refractivity contribution in [3.05, 3.63) is 34.3 Å². The first-order chi connectivity index (χ1) is 7.65. The number of carbonyl (C=O) groups is 1. The maximum atomic E-state index is 11.4. The number of nitrogens with one attached hydrogen (secondary N) is 1. The van der Waals surface area contributed by atoms with E-state index in [0.29, 0.717) is 6.61 Å². The van der Waals surface area contributed by atoms with E-state index in [1.54, 1.807) is 0 Å². The van der Waals surface area contributed by atoms with Crippen molar-refractivity contribution in [2.45, 2.75) is 19.9 Å². The summed E-state index contributed by atoms with van der Waals surface area (Å²) in [6.45, 7) is 4.48. The van der Waals surface area contributed by atoms with E-state index in [2.05, 4.69) is 21.2 Å². The van der Waals surface area contributed by atoms with E-state index in [1.807, 2.05) is 38.1 Å². The first kappa shape index (κ1) is 13.2. The number of ether oxygens (including phenoxy) is 1. The third-order valence-corrected chi connectivity index (χ3v) is 2.91. The SMILES string of the molecule is CCOCC(=O)N[C@H](C)c1ccccc1Br. The zero-order chi connectivity index (χ0) is 12.0. The molecule has 0 fully saturated rings. The molecule has 16 heavy (non-hydrogen) atoms. The Labute approximate surface area is 104 Å². The number of hydrogen-bond acceptors (Lipinski definition) is 2. The normalized spacial score (nSPS) is 12.2. The van der Waals surface area contributed by atoms with Crippen LogP contribution in [-0.2, 0) is 9.53 Å². The molecule has 1 aromatic carbocycles. The van der Waals surface area contributed by atoms with Gasteiger partial charge in [-0.3, -0.25) is 4.79 Å². The van der Waals surface area contributed by atoms with Gasteiger partial charge in [0.15, 0.2) is 0 Å². The average Bonchev–Trinajstić information content (AvgIpc) is 2.26. The van der Waals surface area contributed by atoms with Gasteiger partial charge >= 0.3 is 0 Å². The monoisotopic (exact) mass is 285 g/mol. The van der Waals surface area contributed by atoms with Crippen molar-refractivity contribution in [1.82, 2.24) is 5.32 Å². The van der Waals surface area contributed by atoms with Crippen LogP contribution in [0.3, 0.4) is 0 Å². The molecular formula is C12H16BrNO2. The van der Waals surface area contributed by atoms with Crippen LogP contribution in [0.4, 0.5) is 0 Å². The molecule has 0 heterocycles. The van der Waals surface area contributed by atoms with E-state index in [4.69, 9.17) is 4.74 Å². The minimum absolute atomic E-state index is 0.0245. The number of halogens is 1. The molecule has 0 aromatic heterocycles. The van der Waals surface area contributed by atoms with Crippen molar-refractivity contribution >= 4 is 21.8 Å². The van der Waals surface area contributed by atoms with E-state index >= 15 is 0 Å². The molecule has 1 N–H and O–H groups in total. The minimum atomic E-state index is -0.0925. The molecule has 0 bridgehead atoms. The van der Waals surface area contributed by atoms with Gasteiger partial charge < -0.3 is 10.1 Å². The lowest BCUT2D eigenvalue weighted by molar-refractivity contribution is -0.126. The molecule has 1 atom stereocenters. The van der Waals surface area contributed by atoms with Gasteiger partial charge in [0.05, 0.1) is 6.04 Å². The first-order valence-corrected chi connectivity index (χ1v) is 6.06. The summed E-state index contributed by atoms with van der Waals surface area (Å²) in [7, 11) is 0. The summed E-state index contributed by atoms with van der Waals surface area (Å²) >= 11 is 3.46. The minimum Gasteiger partial charge on any atom is -0.372 e. The molecule has 0 aliphatic carbocycles. The molecule has 4 heteroatoms. The second kappa shape index (κ2) is 6.66. The highest BCUT2D eigenvalue weighted by Crippen LogP contribution is 2.22. The Bertz CT molecular complexity index is 355. The van der Waals surface area contributed by atoms with Crippen molar-refractivity contribution in [3.63, 3.8) is 0 Å². The Hall–Kier alpha value is -0.870. The highest BCUT2D eigenvalue weighted by atomic mass is 79.9. The number of benzene rings is 1. The van der Waals surface area contributed by atoms with E-state index in [0.717, 1.165) is 10.0 Å². The first-order valence-electron chi connectivity index (χ1n) is 5.26. The van der Waals surface area contributed by atoms with Crippen molar-refractivity contribution in [1.29, 1.82) is 0 Å². The van der Waals surface area contributed by atoms with Gasteiger partial charge in [0, 0.05) is 11.1 Å². The summed E-state index contributed by atoms with van der Waals surface area (Å²) in [5.41, 5.74) is 1.06. The van der Waals surface area contributed by atoms with Gasteiger partial charge in [-0.15, -0.1) is 0 Å². The summed E-state index contributed by atoms with van der Waals surface area (Å²) in [6, 6.07) is 7.81. The quantitative estimate of drug-likeness (QED) is 0.903. The molecule has 0 saturated heterocycles. The highest BCUT2D eigenvalue weighted by Gasteiger charge is 2.11. The molecule has 0 aliphatic heterocycles. The molecule has 1 aromatic rings. The van der Waals surface area contributed by atoms with Crippen LogP contribution < -0.4 is 5.32 Å². The standard InChI is InChI=1S/C12H16BrNO2/c1-3-16-8-12(15)14-9(2)10-6-4-5-7-11(10)13/h4-7,9H,3,8H2,1-2H3,(H,14,15)/t9-/m1/s1. The number of hydrogen-bond donors (Lipinski definition) is 1. The van der Waals surface area contributed by atoms with Gasteiger partial charge in [-0.25, -0.2) is 0 Å². The van der Waals surface area contributed by atoms with Gasteiger partial charge in [-0.05, 0) is 25.5 Å². The van der Waals surface area contributed by atoms with Crippen molar-refractivity contribution in [3.8, 4) is 0 Å². The third kappa shape index (κ3) is 3.94. The summed E-state index contributed by atoms with van der Waals surface area (Å²) in [5.74, 6) is -0.0925. The van der Waals surface area contributed by atoms with Gasteiger partial charge in [0.2, 0.25) is 5.91 Å². The van der Waals surface area contributed by atoms with Gasteiger partial charge in [0.25, 0.3) is 0 Å². The zero-order valence-electron chi connectivity index (χ0n) is 9.50. The summed E-state index contributed by atoms with van der Waals surface area (Å²) in [6.07, 6.45) is 0. The van der Waals surface area contributed by atoms with E-state index in [9.17, 15) is 4.79 Å². The molecule has 0 unspecified atom stereocenters. The second-order valence-electron chi connectivity index (χ2n) is 3.45. The Morgan fingerprint density at radius 3 is 2.81 bits per heavy atom. The Morgan fingerprint density at radius 1 is 1.50 bits per heavy atom. The van der Waals surface area contributed by atoms with Crippen LogP contribution in [0.1, 0.15) is 25.5 Å². The van der Waals surface area contributed by atoms with Crippen molar-refractivity contribution < 1.29 is 9.53 Å². The van der Waals surface area contributed by atoms with Crippen LogP contribution in [0.15, 0.2) is 28.7 Å². The lowest BCUT2D eigenvalue weighted by atomic mass is 10.1. The Balaban J connectivity index is 2.55. The number of amides is 1. The highest BCUT2D eigenvalue weighted by molar-refractivity contribution is 9.10. The zero-order valence-corrected chi connectivity index (χ0v) is 11.1. The summed E-state index contributed by atoms with van der Waals surface area (Å²) in [5, 5.41) is 2.88. The molecule has 1 rings (SSSR count). The predicted octanol–water partition coefficient (Wildman–Crippen LogP) is 2.66. The molecule has 0 saturated carbocycles. The van der Waals surface area contributed by atoms with Crippen LogP contribution in [0, 0.1) is 0 Å². The van der Waals surface area contributed by atoms with Crippen molar-refractivity contribution in [2.24, 2.45) is 0 Å². The number of carbonyl (C=O) groups excluding carboxylic acids is 1. The summed E-state index contributed by atoms with van der Waals surface area (Å²) in [4.78, 5) is 11.4. The van der Waals surface area contributed by atoms with E-state index < -0.39 is 0 Å². The fraction of sp³-hybridized carbons (Fsp3) is 0.417. The lowest BCUT2D eigenvalue weighted by Crippen LogP contribution is -2.30. The Kier molecular flexibility index (Phi) is 5.49. The smallest absolute Gasteiger partial charge is 0.246 e. The lowest BCUT2D eigenvalue weighted by Gasteiger charge is -2.15. The molecule has 0 radical (unpaired) electrons. The Morgan fingerprint density at radius 2 is 2.19 bits per heavy atom. The summed E-state index contributed by atoms with van der Waals surface area (Å²) < 4.78 is 6.04. The van der Waals surface area contributed by atoms with Gasteiger partial charge in [-0.2, -0.15) is 0 Å². The second-order valence-corrected chi connectivity index (χ2v) is 4.30. The molecule has 0 aliphatic rings. The molecule has 3 nitrogen and oxygen atoms in total. The molecule has 1 amide bonds. The third-order valence-electron chi connectivity index (χ3n) is 2.19. The van der Waals surface area contributed by atoms with Gasteiger partial charge in [-0.1, -0.05) is 34.1 Å².